The Labute approximate surface area is 129 Å². The van der Waals surface area contributed by atoms with E-state index in [1.54, 1.807) is 18.2 Å². The molecule has 0 aromatic heterocycles. The van der Waals surface area contributed by atoms with Crippen molar-refractivity contribution in [2.45, 2.75) is 19.3 Å². The van der Waals surface area contributed by atoms with Gasteiger partial charge >= 0.3 is 0 Å². The normalized spacial score (nSPS) is 21.1. The van der Waals surface area contributed by atoms with E-state index in [-0.39, 0.29) is 23.7 Å². The summed E-state index contributed by atoms with van der Waals surface area (Å²) in [7, 11) is 1.54. The quantitative estimate of drug-likeness (QED) is 0.795. The molecular weight excluding hydrogens is 290 g/mol. The number of hydrogen-bond donors (Lipinski definition) is 3. The largest absolute Gasteiger partial charge is 0.355 e. The van der Waals surface area contributed by atoms with Gasteiger partial charge in [-0.1, -0.05) is 18.0 Å². The summed E-state index contributed by atoms with van der Waals surface area (Å²) in [4.78, 5) is 24.0. The molecule has 1 saturated carbocycles. The Hall–Kier alpha value is -1.59. The van der Waals surface area contributed by atoms with Crippen molar-refractivity contribution in [3.8, 4) is 0 Å². The van der Waals surface area contributed by atoms with E-state index in [2.05, 4.69) is 10.6 Å². The number of hydrogen-bond acceptors (Lipinski definition) is 3. The van der Waals surface area contributed by atoms with E-state index in [0.29, 0.717) is 22.8 Å². The summed E-state index contributed by atoms with van der Waals surface area (Å²) in [5, 5.41) is 5.74. The molecule has 0 spiro atoms. The smallest absolute Gasteiger partial charge is 0.252 e. The zero-order valence-electron chi connectivity index (χ0n) is 12.0. The second-order valence-corrected chi connectivity index (χ2v) is 5.70. The maximum absolute atomic E-state index is 12.3. The second kappa shape index (κ2) is 6.91. The Kier molecular flexibility index (Phi) is 5.20. The molecular formula is C15H20ClN3O2. The second-order valence-electron chi connectivity index (χ2n) is 5.30. The standard InChI is InChI=1S/C15H20ClN3O2/c1-18-14(20)12-7-10(5-6-13(12)16)19-15(21)11-4-2-3-9(11)8-17/h5-7,9,11H,2-4,8,17H2,1H3,(H,18,20)(H,19,21). The van der Waals surface area contributed by atoms with Crippen LogP contribution in [0.5, 0.6) is 0 Å². The number of rotatable bonds is 4. The van der Waals surface area contributed by atoms with Gasteiger partial charge in [0.05, 0.1) is 10.6 Å². The van der Waals surface area contributed by atoms with Gasteiger partial charge in [-0.15, -0.1) is 0 Å². The first kappa shape index (κ1) is 15.8. The Balaban J connectivity index is 2.12. The van der Waals surface area contributed by atoms with E-state index in [0.717, 1.165) is 19.3 Å². The topological polar surface area (TPSA) is 84.2 Å². The van der Waals surface area contributed by atoms with Gasteiger partial charge in [0.2, 0.25) is 5.91 Å². The highest BCUT2D eigenvalue weighted by molar-refractivity contribution is 6.34. The van der Waals surface area contributed by atoms with Crippen molar-refractivity contribution in [2.24, 2.45) is 17.6 Å². The molecule has 2 atom stereocenters. The van der Waals surface area contributed by atoms with Gasteiger partial charge in [-0.05, 0) is 43.5 Å². The van der Waals surface area contributed by atoms with Crippen molar-refractivity contribution >= 4 is 29.1 Å². The fourth-order valence-corrected chi connectivity index (χ4v) is 3.01. The molecule has 2 amide bonds. The third kappa shape index (κ3) is 3.54. The van der Waals surface area contributed by atoms with E-state index in [1.807, 2.05) is 0 Å². The number of nitrogens with two attached hydrogens (primary N) is 1. The molecule has 1 aromatic rings. The molecule has 1 aliphatic carbocycles. The van der Waals surface area contributed by atoms with Crippen LogP contribution in [0.4, 0.5) is 5.69 Å². The molecule has 0 saturated heterocycles. The van der Waals surface area contributed by atoms with Gasteiger partial charge in [-0.3, -0.25) is 9.59 Å². The number of carbonyl (C=O) groups excluding carboxylic acids is 2. The maximum atomic E-state index is 12.3. The molecule has 114 valence electrons. The fraction of sp³-hybridized carbons (Fsp3) is 0.467. The molecule has 0 bridgehead atoms. The first-order valence-corrected chi connectivity index (χ1v) is 7.47. The number of nitrogens with one attached hydrogen (secondary N) is 2. The zero-order chi connectivity index (χ0) is 15.4. The third-order valence-electron chi connectivity index (χ3n) is 4.00. The third-order valence-corrected chi connectivity index (χ3v) is 4.33. The zero-order valence-corrected chi connectivity index (χ0v) is 12.7. The van der Waals surface area contributed by atoms with Crippen LogP contribution in [0.15, 0.2) is 18.2 Å². The lowest BCUT2D eigenvalue weighted by atomic mass is 9.95. The fourth-order valence-electron chi connectivity index (χ4n) is 2.81. The lowest BCUT2D eigenvalue weighted by molar-refractivity contribution is -0.120. The van der Waals surface area contributed by atoms with E-state index in [1.165, 1.54) is 7.05 Å². The minimum absolute atomic E-state index is 0.0341. The molecule has 6 heteroatoms. The molecule has 1 fully saturated rings. The Morgan fingerprint density at radius 2 is 2.14 bits per heavy atom. The first-order chi connectivity index (χ1) is 10.1. The molecule has 0 aliphatic heterocycles. The Morgan fingerprint density at radius 3 is 2.81 bits per heavy atom. The number of halogens is 1. The highest BCUT2D eigenvalue weighted by Crippen LogP contribution is 2.32. The van der Waals surface area contributed by atoms with E-state index in [4.69, 9.17) is 17.3 Å². The minimum Gasteiger partial charge on any atom is -0.355 e. The highest BCUT2D eigenvalue weighted by Gasteiger charge is 2.31. The van der Waals surface area contributed by atoms with Gasteiger partial charge in [0, 0.05) is 18.7 Å². The predicted molar refractivity (Wildman–Crippen MR) is 83.4 cm³/mol. The summed E-state index contributed by atoms with van der Waals surface area (Å²) in [6.45, 7) is 0.530. The molecule has 21 heavy (non-hydrogen) atoms. The summed E-state index contributed by atoms with van der Waals surface area (Å²) in [5.41, 5.74) is 6.63. The van der Waals surface area contributed by atoms with Crippen molar-refractivity contribution in [3.05, 3.63) is 28.8 Å². The van der Waals surface area contributed by atoms with Crippen molar-refractivity contribution < 1.29 is 9.59 Å². The van der Waals surface area contributed by atoms with Crippen LogP contribution in [-0.2, 0) is 4.79 Å². The van der Waals surface area contributed by atoms with E-state index < -0.39 is 0 Å². The maximum Gasteiger partial charge on any atom is 0.252 e. The summed E-state index contributed by atoms with van der Waals surface area (Å²) in [5.74, 6) is -0.116. The van der Waals surface area contributed by atoms with Gasteiger partial charge < -0.3 is 16.4 Å². The Morgan fingerprint density at radius 1 is 1.38 bits per heavy atom. The van der Waals surface area contributed by atoms with Crippen molar-refractivity contribution in [3.63, 3.8) is 0 Å². The van der Waals surface area contributed by atoms with Crippen LogP contribution < -0.4 is 16.4 Å². The molecule has 4 N–H and O–H groups in total. The van der Waals surface area contributed by atoms with Crippen LogP contribution in [0.3, 0.4) is 0 Å². The van der Waals surface area contributed by atoms with Gasteiger partial charge in [-0.2, -0.15) is 0 Å². The van der Waals surface area contributed by atoms with Gasteiger partial charge in [-0.25, -0.2) is 0 Å². The summed E-state index contributed by atoms with van der Waals surface area (Å²) >= 11 is 5.99. The molecule has 0 radical (unpaired) electrons. The lowest BCUT2D eigenvalue weighted by Crippen LogP contribution is -2.29. The number of carbonyl (C=O) groups is 2. The molecule has 0 heterocycles. The minimum atomic E-state index is -0.281. The van der Waals surface area contributed by atoms with Crippen molar-refractivity contribution in [1.29, 1.82) is 0 Å². The van der Waals surface area contributed by atoms with E-state index >= 15 is 0 Å². The molecule has 2 unspecified atom stereocenters. The number of anilines is 1. The predicted octanol–water partition coefficient (Wildman–Crippen LogP) is 2.01. The van der Waals surface area contributed by atoms with Crippen molar-refractivity contribution in [1.82, 2.24) is 5.32 Å². The van der Waals surface area contributed by atoms with Crippen LogP contribution >= 0.6 is 11.6 Å². The number of amides is 2. The van der Waals surface area contributed by atoms with E-state index in [9.17, 15) is 9.59 Å². The molecule has 1 aliphatic rings. The van der Waals surface area contributed by atoms with Crippen LogP contribution in [0, 0.1) is 11.8 Å². The molecule has 5 nitrogen and oxygen atoms in total. The molecule has 1 aromatic carbocycles. The summed E-state index contributed by atoms with van der Waals surface area (Å²) < 4.78 is 0. The average molecular weight is 310 g/mol. The van der Waals surface area contributed by atoms with Gasteiger partial charge in [0.15, 0.2) is 0 Å². The first-order valence-electron chi connectivity index (χ1n) is 7.09. The molecule has 2 rings (SSSR count). The summed E-state index contributed by atoms with van der Waals surface area (Å²) in [6.07, 6.45) is 2.90. The average Bonchev–Trinajstić information content (AvgIpc) is 2.97. The van der Waals surface area contributed by atoms with Crippen LogP contribution in [0.25, 0.3) is 0 Å². The number of benzene rings is 1. The van der Waals surface area contributed by atoms with Crippen LogP contribution in [0.2, 0.25) is 5.02 Å². The Bertz CT molecular complexity index is 548. The van der Waals surface area contributed by atoms with Gasteiger partial charge in [0.1, 0.15) is 0 Å². The van der Waals surface area contributed by atoms with Gasteiger partial charge in [0.25, 0.3) is 5.91 Å². The lowest BCUT2D eigenvalue weighted by Gasteiger charge is -2.17. The summed E-state index contributed by atoms with van der Waals surface area (Å²) in [6, 6.07) is 4.89. The monoisotopic (exact) mass is 309 g/mol. The van der Waals surface area contributed by atoms with Crippen molar-refractivity contribution in [2.75, 3.05) is 18.9 Å². The SMILES string of the molecule is CNC(=O)c1cc(NC(=O)C2CCCC2CN)ccc1Cl. The van der Waals surface area contributed by atoms with Crippen LogP contribution in [0.1, 0.15) is 29.6 Å². The highest BCUT2D eigenvalue weighted by atomic mass is 35.5. The van der Waals surface area contributed by atoms with Crippen LogP contribution in [-0.4, -0.2) is 25.4 Å².